The zero-order valence-electron chi connectivity index (χ0n) is 16.4. The van der Waals surface area contributed by atoms with Crippen molar-refractivity contribution in [1.82, 2.24) is 15.1 Å². The Hall–Kier alpha value is -3.17. The minimum Gasteiger partial charge on any atom is -0.352 e. The van der Waals surface area contributed by atoms with Crippen molar-refractivity contribution in [3.8, 4) is 6.07 Å². The molecule has 2 aromatic rings. The number of hydrogen-bond acceptors (Lipinski definition) is 4. The molecule has 2 rings (SSSR count). The molecule has 0 saturated carbocycles. The van der Waals surface area contributed by atoms with Crippen molar-refractivity contribution in [1.29, 1.82) is 5.26 Å². The second-order valence-electron chi connectivity index (χ2n) is 6.80. The van der Waals surface area contributed by atoms with Crippen LogP contribution in [-0.2, 0) is 11.3 Å². The second-order valence-corrected chi connectivity index (χ2v) is 6.80. The summed E-state index contributed by atoms with van der Waals surface area (Å²) < 4.78 is 0. The lowest BCUT2D eigenvalue weighted by atomic mass is 10.1. The van der Waals surface area contributed by atoms with Gasteiger partial charge in [-0.1, -0.05) is 30.3 Å². The number of likely N-dealkylation sites (N-methyl/N-ethyl adjacent to an activating group) is 1. The Kier molecular flexibility index (Phi) is 8.19. The summed E-state index contributed by atoms with van der Waals surface area (Å²) in [4.78, 5) is 28.6. The Morgan fingerprint density at radius 2 is 1.68 bits per heavy atom. The maximum atomic E-state index is 12.7. The molecule has 0 unspecified atom stereocenters. The minimum absolute atomic E-state index is 0.0143. The Morgan fingerprint density at radius 1 is 1.00 bits per heavy atom. The van der Waals surface area contributed by atoms with E-state index in [2.05, 4.69) is 11.4 Å². The number of carbonyl (C=O) groups is 2. The third kappa shape index (κ3) is 6.86. The van der Waals surface area contributed by atoms with Gasteiger partial charge in [0.1, 0.15) is 0 Å². The minimum atomic E-state index is -0.180. The zero-order valence-corrected chi connectivity index (χ0v) is 16.4. The molecule has 0 aliphatic carbocycles. The molecule has 0 atom stereocenters. The normalized spacial score (nSPS) is 10.4. The third-order valence-electron chi connectivity index (χ3n) is 4.29. The molecule has 0 fully saturated rings. The van der Waals surface area contributed by atoms with Gasteiger partial charge in [0, 0.05) is 38.2 Å². The standard InChI is InChI=1S/C22H26N4O2/c1-25(2)14-15-26(17-19-10-8-18(16-23)9-11-19)21(27)12-13-24-22(28)20-6-4-3-5-7-20/h3-11H,12-15,17H2,1-2H3,(H,24,28). The van der Waals surface area contributed by atoms with Crippen LogP contribution in [0.25, 0.3) is 0 Å². The van der Waals surface area contributed by atoms with Crippen molar-refractivity contribution in [2.75, 3.05) is 33.7 Å². The van der Waals surface area contributed by atoms with Gasteiger partial charge in [0.2, 0.25) is 5.91 Å². The summed E-state index contributed by atoms with van der Waals surface area (Å²) in [6, 6.07) is 18.3. The van der Waals surface area contributed by atoms with Gasteiger partial charge in [-0.3, -0.25) is 9.59 Å². The van der Waals surface area contributed by atoms with Crippen LogP contribution in [0.3, 0.4) is 0 Å². The number of benzene rings is 2. The molecule has 0 aliphatic rings. The summed E-state index contributed by atoms with van der Waals surface area (Å²) in [5, 5.41) is 11.7. The molecule has 2 aromatic carbocycles. The molecule has 146 valence electrons. The highest BCUT2D eigenvalue weighted by molar-refractivity contribution is 5.94. The van der Waals surface area contributed by atoms with Gasteiger partial charge in [0.15, 0.2) is 0 Å². The Labute approximate surface area is 166 Å². The molecule has 1 N–H and O–H groups in total. The Balaban J connectivity index is 1.92. The van der Waals surface area contributed by atoms with E-state index in [1.165, 1.54) is 0 Å². The van der Waals surface area contributed by atoms with Gasteiger partial charge in [0.25, 0.3) is 5.91 Å². The Morgan fingerprint density at radius 3 is 2.29 bits per heavy atom. The number of rotatable bonds is 9. The lowest BCUT2D eigenvalue weighted by molar-refractivity contribution is -0.131. The molecule has 0 aliphatic heterocycles. The highest BCUT2D eigenvalue weighted by Gasteiger charge is 2.15. The number of amides is 2. The summed E-state index contributed by atoms with van der Waals surface area (Å²) in [7, 11) is 3.93. The van der Waals surface area contributed by atoms with Crippen LogP contribution in [0.2, 0.25) is 0 Å². The molecular weight excluding hydrogens is 352 g/mol. The van der Waals surface area contributed by atoms with Gasteiger partial charge in [-0.2, -0.15) is 5.26 Å². The average Bonchev–Trinajstić information content (AvgIpc) is 2.71. The van der Waals surface area contributed by atoms with Gasteiger partial charge < -0.3 is 15.1 Å². The first-order valence-corrected chi connectivity index (χ1v) is 9.24. The summed E-state index contributed by atoms with van der Waals surface area (Å²) in [6.45, 7) is 2.11. The van der Waals surface area contributed by atoms with E-state index in [4.69, 9.17) is 5.26 Å². The topological polar surface area (TPSA) is 76.4 Å². The van der Waals surface area contributed by atoms with Crippen molar-refractivity contribution in [3.05, 3.63) is 71.3 Å². The molecule has 6 nitrogen and oxygen atoms in total. The van der Waals surface area contributed by atoms with Crippen LogP contribution in [0, 0.1) is 11.3 Å². The molecule has 2 amide bonds. The predicted octanol–water partition coefficient (Wildman–Crippen LogP) is 2.27. The fourth-order valence-electron chi connectivity index (χ4n) is 2.65. The van der Waals surface area contributed by atoms with Crippen LogP contribution >= 0.6 is 0 Å². The van der Waals surface area contributed by atoms with Crippen molar-refractivity contribution in [3.63, 3.8) is 0 Å². The van der Waals surface area contributed by atoms with Gasteiger partial charge in [-0.05, 0) is 43.9 Å². The van der Waals surface area contributed by atoms with Crippen LogP contribution in [0.4, 0.5) is 0 Å². The number of nitrogens with zero attached hydrogens (tertiary/aromatic N) is 3. The van der Waals surface area contributed by atoms with E-state index in [-0.39, 0.29) is 18.2 Å². The molecule has 28 heavy (non-hydrogen) atoms. The van der Waals surface area contributed by atoms with Gasteiger partial charge in [-0.15, -0.1) is 0 Å². The van der Waals surface area contributed by atoms with E-state index in [1.807, 2.05) is 37.2 Å². The Bertz CT molecular complexity index is 811. The number of hydrogen-bond donors (Lipinski definition) is 1. The lowest BCUT2D eigenvalue weighted by Crippen LogP contribution is -2.38. The van der Waals surface area contributed by atoms with Crippen LogP contribution in [0.1, 0.15) is 27.9 Å². The predicted molar refractivity (Wildman–Crippen MR) is 109 cm³/mol. The fourth-order valence-corrected chi connectivity index (χ4v) is 2.65. The zero-order chi connectivity index (χ0) is 20.4. The van der Waals surface area contributed by atoms with E-state index in [0.29, 0.717) is 30.8 Å². The van der Waals surface area contributed by atoms with Crippen molar-refractivity contribution in [2.24, 2.45) is 0 Å². The molecule has 6 heteroatoms. The first-order valence-electron chi connectivity index (χ1n) is 9.24. The first-order chi connectivity index (χ1) is 13.5. The fraction of sp³-hybridized carbons (Fsp3) is 0.318. The van der Waals surface area contributed by atoms with E-state index in [0.717, 1.165) is 12.1 Å². The third-order valence-corrected chi connectivity index (χ3v) is 4.29. The molecule has 0 spiro atoms. The number of nitriles is 1. The molecule has 0 heterocycles. The van der Waals surface area contributed by atoms with E-state index < -0.39 is 0 Å². The molecular formula is C22H26N4O2. The van der Waals surface area contributed by atoms with Gasteiger partial charge in [0.05, 0.1) is 11.6 Å². The summed E-state index contributed by atoms with van der Waals surface area (Å²) >= 11 is 0. The SMILES string of the molecule is CN(C)CCN(Cc1ccc(C#N)cc1)C(=O)CCNC(=O)c1ccccc1. The van der Waals surface area contributed by atoms with Crippen LogP contribution in [-0.4, -0.2) is 55.3 Å². The summed E-state index contributed by atoms with van der Waals surface area (Å²) in [5.41, 5.74) is 2.15. The molecule has 0 radical (unpaired) electrons. The van der Waals surface area contributed by atoms with Crippen LogP contribution in [0.15, 0.2) is 54.6 Å². The maximum Gasteiger partial charge on any atom is 0.251 e. The largest absolute Gasteiger partial charge is 0.352 e. The maximum absolute atomic E-state index is 12.7. The summed E-state index contributed by atoms with van der Waals surface area (Å²) in [5.74, 6) is -0.195. The van der Waals surface area contributed by atoms with Crippen molar-refractivity contribution in [2.45, 2.75) is 13.0 Å². The van der Waals surface area contributed by atoms with Gasteiger partial charge >= 0.3 is 0 Å². The van der Waals surface area contributed by atoms with Crippen molar-refractivity contribution >= 4 is 11.8 Å². The highest BCUT2D eigenvalue weighted by Crippen LogP contribution is 2.09. The lowest BCUT2D eigenvalue weighted by Gasteiger charge is -2.25. The molecule has 0 saturated heterocycles. The monoisotopic (exact) mass is 378 g/mol. The average molecular weight is 378 g/mol. The number of nitrogens with one attached hydrogen (secondary N) is 1. The van der Waals surface area contributed by atoms with Gasteiger partial charge in [-0.25, -0.2) is 0 Å². The van der Waals surface area contributed by atoms with Crippen LogP contribution in [0.5, 0.6) is 0 Å². The molecule has 0 bridgehead atoms. The smallest absolute Gasteiger partial charge is 0.251 e. The first kappa shape index (κ1) is 21.1. The van der Waals surface area contributed by atoms with Crippen LogP contribution < -0.4 is 5.32 Å². The summed E-state index contributed by atoms with van der Waals surface area (Å²) in [6.07, 6.45) is 0.238. The van der Waals surface area contributed by atoms with E-state index >= 15 is 0 Å². The van der Waals surface area contributed by atoms with E-state index in [9.17, 15) is 9.59 Å². The molecule has 0 aromatic heterocycles. The second kappa shape index (κ2) is 10.9. The van der Waals surface area contributed by atoms with Crippen molar-refractivity contribution < 1.29 is 9.59 Å². The highest BCUT2D eigenvalue weighted by atomic mass is 16.2. The number of carbonyl (C=O) groups excluding carboxylic acids is 2. The quantitative estimate of drug-likeness (QED) is 0.726. The van der Waals surface area contributed by atoms with E-state index in [1.54, 1.807) is 41.3 Å².